The number of hydrogen-bond acceptors (Lipinski definition) is 6. The molecule has 7 heteroatoms. The second kappa shape index (κ2) is 7.45. The summed E-state index contributed by atoms with van der Waals surface area (Å²) in [7, 11) is 0. The zero-order valence-electron chi connectivity index (χ0n) is 14.4. The Morgan fingerprint density at radius 3 is 2.62 bits per heavy atom. The lowest BCUT2D eigenvalue weighted by molar-refractivity contribution is 0.468. The summed E-state index contributed by atoms with van der Waals surface area (Å²) < 4.78 is 7.02. The van der Waals surface area contributed by atoms with Crippen LogP contribution >= 0.6 is 15.9 Å². The molecule has 6 nitrogen and oxygen atoms in total. The van der Waals surface area contributed by atoms with Crippen molar-refractivity contribution in [1.82, 2.24) is 15.0 Å². The van der Waals surface area contributed by atoms with Gasteiger partial charge in [0, 0.05) is 29.1 Å². The van der Waals surface area contributed by atoms with Gasteiger partial charge in [-0.25, -0.2) is 4.98 Å². The van der Waals surface area contributed by atoms with Crippen LogP contribution in [-0.4, -0.2) is 28.0 Å². The van der Waals surface area contributed by atoms with Gasteiger partial charge < -0.3 is 15.4 Å². The van der Waals surface area contributed by atoms with Crippen LogP contribution in [0, 0.1) is 0 Å². The fourth-order valence-corrected chi connectivity index (χ4v) is 3.74. The maximum absolute atomic E-state index is 6.37. The van der Waals surface area contributed by atoms with E-state index >= 15 is 0 Å². The molecular formula is C19H20BrN5O. The smallest absolute Gasteiger partial charge is 0.248 e. The number of fused-ring (bicyclic) bond motifs is 1. The third kappa shape index (κ3) is 3.31. The molecule has 1 saturated heterocycles. The first kappa shape index (κ1) is 17.0. The fourth-order valence-electron chi connectivity index (χ4n) is 3.28. The Kier molecular flexibility index (Phi) is 4.88. The lowest BCUT2D eigenvalue weighted by Gasteiger charge is -2.23. The summed E-state index contributed by atoms with van der Waals surface area (Å²) in [5, 5.41) is 0.977. The molecule has 0 bridgehead atoms. The van der Waals surface area contributed by atoms with Crippen LogP contribution in [0.15, 0.2) is 41.3 Å². The van der Waals surface area contributed by atoms with Crippen molar-refractivity contribution in [1.29, 1.82) is 0 Å². The SMILES string of the molecule is Nc1c(Oc2ccc(Br)c3cccnc23)ncnc1N1CCCCCC1. The number of benzene rings is 1. The first-order chi connectivity index (χ1) is 12.7. The average Bonchev–Trinajstić information content (AvgIpc) is 2.95. The summed E-state index contributed by atoms with van der Waals surface area (Å²) in [6, 6.07) is 7.69. The zero-order valence-corrected chi connectivity index (χ0v) is 15.9. The fraction of sp³-hybridized carbons (Fsp3) is 0.316. The molecular weight excluding hydrogens is 394 g/mol. The Morgan fingerprint density at radius 1 is 1.00 bits per heavy atom. The van der Waals surface area contributed by atoms with Gasteiger partial charge in [0.2, 0.25) is 5.88 Å². The summed E-state index contributed by atoms with van der Waals surface area (Å²) in [6.45, 7) is 1.92. The van der Waals surface area contributed by atoms with Crippen molar-refractivity contribution >= 4 is 38.3 Å². The molecule has 3 aromatic rings. The van der Waals surface area contributed by atoms with Crippen molar-refractivity contribution in [3.05, 3.63) is 41.3 Å². The van der Waals surface area contributed by atoms with Gasteiger partial charge in [0.05, 0.1) is 0 Å². The van der Waals surface area contributed by atoms with Crippen LogP contribution in [-0.2, 0) is 0 Å². The second-order valence-corrected chi connectivity index (χ2v) is 7.22. The maximum atomic E-state index is 6.37. The molecule has 0 unspecified atom stereocenters. The highest BCUT2D eigenvalue weighted by Crippen LogP contribution is 2.36. The number of pyridine rings is 1. The number of nitrogens with two attached hydrogens (primary N) is 1. The molecule has 0 aliphatic carbocycles. The van der Waals surface area contributed by atoms with E-state index in [-0.39, 0.29) is 0 Å². The number of ether oxygens (including phenoxy) is 1. The molecule has 0 atom stereocenters. The molecule has 0 amide bonds. The molecule has 26 heavy (non-hydrogen) atoms. The highest BCUT2D eigenvalue weighted by atomic mass is 79.9. The highest BCUT2D eigenvalue weighted by Gasteiger charge is 2.18. The van der Waals surface area contributed by atoms with Crippen molar-refractivity contribution in [3.63, 3.8) is 0 Å². The minimum Gasteiger partial charge on any atom is -0.435 e. The molecule has 0 radical (unpaired) electrons. The van der Waals surface area contributed by atoms with Crippen molar-refractivity contribution in [2.45, 2.75) is 25.7 Å². The van der Waals surface area contributed by atoms with E-state index in [9.17, 15) is 0 Å². The van der Waals surface area contributed by atoms with E-state index in [4.69, 9.17) is 10.5 Å². The summed E-state index contributed by atoms with van der Waals surface area (Å²) in [5.41, 5.74) is 7.60. The van der Waals surface area contributed by atoms with Gasteiger partial charge in [-0.1, -0.05) is 34.8 Å². The minimum absolute atomic E-state index is 0.369. The van der Waals surface area contributed by atoms with E-state index in [1.165, 1.54) is 19.2 Å². The van der Waals surface area contributed by atoms with Crippen LogP contribution in [0.5, 0.6) is 11.6 Å². The number of nitrogens with zero attached hydrogens (tertiary/aromatic N) is 4. The van der Waals surface area contributed by atoms with Gasteiger partial charge in [0.25, 0.3) is 0 Å². The second-order valence-electron chi connectivity index (χ2n) is 6.36. The number of hydrogen-bond donors (Lipinski definition) is 1. The molecule has 0 saturated carbocycles. The van der Waals surface area contributed by atoms with Crippen LogP contribution < -0.4 is 15.4 Å². The topological polar surface area (TPSA) is 77.2 Å². The Morgan fingerprint density at radius 2 is 1.81 bits per heavy atom. The number of rotatable bonds is 3. The standard InChI is InChI=1S/C19H20BrN5O/c20-14-7-8-15(17-13(14)6-5-9-22-17)26-19-16(21)18(23-12-24-19)25-10-3-1-2-4-11-25/h5-9,12H,1-4,10-11,21H2. The third-order valence-corrected chi connectivity index (χ3v) is 5.31. The molecule has 134 valence electrons. The molecule has 3 heterocycles. The van der Waals surface area contributed by atoms with Crippen LogP contribution in [0.2, 0.25) is 0 Å². The lowest BCUT2D eigenvalue weighted by Crippen LogP contribution is -2.26. The quantitative estimate of drug-likeness (QED) is 0.678. The molecule has 1 aliphatic heterocycles. The molecule has 0 spiro atoms. The summed E-state index contributed by atoms with van der Waals surface area (Å²) in [4.78, 5) is 15.3. The predicted octanol–water partition coefficient (Wildman–Crippen LogP) is 4.54. The number of aromatic nitrogens is 3. The third-order valence-electron chi connectivity index (χ3n) is 4.62. The van der Waals surface area contributed by atoms with Gasteiger partial charge in [-0.2, -0.15) is 4.98 Å². The van der Waals surface area contributed by atoms with Crippen LogP contribution in [0.1, 0.15) is 25.7 Å². The molecule has 2 N–H and O–H groups in total. The normalized spacial score (nSPS) is 15.0. The Bertz CT molecular complexity index is 925. The zero-order chi connectivity index (χ0) is 17.9. The van der Waals surface area contributed by atoms with Gasteiger partial charge in [-0.05, 0) is 31.0 Å². The Labute approximate surface area is 160 Å². The number of nitrogen functional groups attached to an aromatic ring is 1. The Balaban J connectivity index is 1.69. The number of halogens is 1. The van der Waals surface area contributed by atoms with Gasteiger partial charge in [-0.15, -0.1) is 0 Å². The van der Waals surface area contributed by atoms with E-state index in [1.54, 1.807) is 6.20 Å². The van der Waals surface area contributed by atoms with Crippen molar-refractivity contribution in [3.8, 4) is 11.6 Å². The summed E-state index contributed by atoms with van der Waals surface area (Å²) in [5.74, 6) is 1.75. The number of anilines is 2. The van der Waals surface area contributed by atoms with Gasteiger partial charge in [0.15, 0.2) is 11.6 Å². The molecule has 4 rings (SSSR count). The van der Waals surface area contributed by atoms with Gasteiger partial charge in [-0.3, -0.25) is 4.98 Å². The highest BCUT2D eigenvalue weighted by molar-refractivity contribution is 9.10. The van der Waals surface area contributed by atoms with E-state index in [0.29, 0.717) is 17.3 Å². The molecule has 1 aromatic carbocycles. The first-order valence-electron chi connectivity index (χ1n) is 8.80. The molecule has 2 aromatic heterocycles. The van der Waals surface area contributed by atoms with Crippen molar-refractivity contribution < 1.29 is 4.74 Å². The molecule has 1 fully saturated rings. The minimum atomic E-state index is 0.369. The Hall–Kier alpha value is -2.41. The summed E-state index contributed by atoms with van der Waals surface area (Å²) >= 11 is 3.55. The van der Waals surface area contributed by atoms with Crippen molar-refractivity contribution in [2.24, 2.45) is 0 Å². The van der Waals surface area contributed by atoms with Crippen LogP contribution in [0.4, 0.5) is 11.5 Å². The largest absolute Gasteiger partial charge is 0.435 e. The van der Waals surface area contributed by atoms with Gasteiger partial charge >= 0.3 is 0 Å². The van der Waals surface area contributed by atoms with E-state index in [2.05, 4.69) is 35.8 Å². The lowest BCUT2D eigenvalue weighted by atomic mass is 10.2. The van der Waals surface area contributed by atoms with E-state index in [0.717, 1.165) is 47.1 Å². The van der Waals surface area contributed by atoms with Crippen molar-refractivity contribution in [2.75, 3.05) is 23.7 Å². The van der Waals surface area contributed by atoms with E-state index in [1.807, 2.05) is 24.3 Å². The van der Waals surface area contributed by atoms with Crippen LogP contribution in [0.3, 0.4) is 0 Å². The maximum Gasteiger partial charge on any atom is 0.248 e. The molecule has 1 aliphatic rings. The first-order valence-corrected chi connectivity index (χ1v) is 9.60. The van der Waals surface area contributed by atoms with Gasteiger partial charge in [0.1, 0.15) is 17.5 Å². The monoisotopic (exact) mass is 413 g/mol. The predicted molar refractivity (Wildman–Crippen MR) is 107 cm³/mol. The van der Waals surface area contributed by atoms with Crippen LogP contribution in [0.25, 0.3) is 10.9 Å². The van der Waals surface area contributed by atoms with E-state index < -0.39 is 0 Å². The summed E-state index contributed by atoms with van der Waals surface area (Å²) in [6.07, 6.45) is 8.07. The average molecular weight is 414 g/mol.